The van der Waals surface area contributed by atoms with Crippen molar-refractivity contribution in [1.82, 2.24) is 4.98 Å². The molecule has 1 heterocycles. The minimum Gasteiger partial charge on any atom is -0.465 e. The first-order valence-corrected chi connectivity index (χ1v) is 8.89. The van der Waals surface area contributed by atoms with Gasteiger partial charge >= 0.3 is 5.97 Å². The number of carbonyl (C=O) groups excluding carboxylic acids is 1. The number of pyridine rings is 1. The van der Waals surface area contributed by atoms with Gasteiger partial charge in [0.2, 0.25) is 0 Å². The van der Waals surface area contributed by atoms with E-state index >= 15 is 0 Å². The standard InChI is InChI=1S/C18H14ClNO3S/c1-23-18(21)15-10-13-4-2-3-5-16(13)20-17(15)24(22)11-12-6-8-14(19)9-7-12/h2-10H,11H2,1H3. The van der Waals surface area contributed by atoms with Gasteiger partial charge in [-0.3, -0.25) is 4.21 Å². The van der Waals surface area contributed by atoms with Crippen molar-refractivity contribution in [2.75, 3.05) is 7.11 Å². The van der Waals surface area contributed by atoms with Crippen LogP contribution in [-0.4, -0.2) is 22.3 Å². The van der Waals surface area contributed by atoms with Gasteiger partial charge in [0.15, 0.2) is 0 Å². The molecule has 0 spiro atoms. The summed E-state index contributed by atoms with van der Waals surface area (Å²) in [6.07, 6.45) is 0. The van der Waals surface area contributed by atoms with E-state index in [1.807, 2.05) is 24.3 Å². The van der Waals surface area contributed by atoms with Crippen molar-refractivity contribution < 1.29 is 13.7 Å². The van der Waals surface area contributed by atoms with Gasteiger partial charge in [0.05, 0.1) is 34.7 Å². The highest BCUT2D eigenvalue weighted by molar-refractivity contribution is 7.84. The Morgan fingerprint density at radius 3 is 2.58 bits per heavy atom. The molecule has 24 heavy (non-hydrogen) atoms. The van der Waals surface area contributed by atoms with Crippen molar-refractivity contribution in [3.05, 3.63) is 70.7 Å². The Hall–Kier alpha value is -2.24. The Balaban J connectivity index is 2.03. The summed E-state index contributed by atoms with van der Waals surface area (Å²) in [7, 11) is -0.191. The minimum absolute atomic E-state index is 0.225. The molecule has 0 saturated heterocycles. The van der Waals surface area contributed by atoms with Crippen LogP contribution in [0.3, 0.4) is 0 Å². The molecule has 1 aromatic heterocycles. The van der Waals surface area contributed by atoms with Crippen LogP contribution in [0, 0.1) is 0 Å². The predicted octanol–water partition coefficient (Wildman–Crippen LogP) is 3.98. The highest BCUT2D eigenvalue weighted by Crippen LogP contribution is 2.22. The molecular formula is C18H14ClNO3S. The van der Waals surface area contributed by atoms with Gasteiger partial charge in [-0.05, 0) is 29.8 Å². The number of esters is 1. The van der Waals surface area contributed by atoms with Crippen LogP contribution in [0.15, 0.2) is 59.6 Å². The number of hydrogen-bond donors (Lipinski definition) is 0. The molecule has 0 saturated carbocycles. The summed E-state index contributed by atoms with van der Waals surface area (Å²) in [4.78, 5) is 16.5. The van der Waals surface area contributed by atoms with E-state index < -0.39 is 16.8 Å². The fourth-order valence-electron chi connectivity index (χ4n) is 2.33. The third kappa shape index (κ3) is 3.47. The van der Waals surface area contributed by atoms with Gasteiger partial charge < -0.3 is 4.74 Å². The van der Waals surface area contributed by atoms with Crippen LogP contribution in [0.4, 0.5) is 0 Å². The Morgan fingerprint density at radius 2 is 1.88 bits per heavy atom. The second kappa shape index (κ2) is 7.11. The summed E-state index contributed by atoms with van der Waals surface area (Å²) in [5.41, 5.74) is 1.76. The molecule has 3 aromatic rings. The van der Waals surface area contributed by atoms with E-state index in [-0.39, 0.29) is 16.3 Å². The zero-order chi connectivity index (χ0) is 17.1. The SMILES string of the molecule is COC(=O)c1cc2ccccc2nc1S(=O)Cc1ccc(Cl)cc1. The number of fused-ring (bicyclic) bond motifs is 1. The van der Waals surface area contributed by atoms with Crippen LogP contribution in [0.25, 0.3) is 10.9 Å². The number of methoxy groups -OCH3 is 1. The Bertz CT molecular complexity index is 925. The maximum Gasteiger partial charge on any atom is 0.340 e. The van der Waals surface area contributed by atoms with Crippen molar-refractivity contribution in [1.29, 1.82) is 0 Å². The van der Waals surface area contributed by atoms with E-state index in [0.717, 1.165) is 10.9 Å². The molecule has 0 aliphatic carbocycles. The molecule has 0 N–H and O–H groups in total. The fourth-order valence-corrected chi connectivity index (χ4v) is 3.67. The third-order valence-corrected chi connectivity index (χ3v) is 5.11. The molecule has 3 rings (SSSR count). The highest BCUT2D eigenvalue weighted by Gasteiger charge is 2.20. The number of benzene rings is 2. The second-order valence-corrected chi connectivity index (χ2v) is 6.94. The van der Waals surface area contributed by atoms with E-state index in [1.165, 1.54) is 7.11 Å². The van der Waals surface area contributed by atoms with Gasteiger partial charge in [-0.1, -0.05) is 41.9 Å². The Labute approximate surface area is 146 Å². The number of halogens is 1. The summed E-state index contributed by atoms with van der Waals surface area (Å²) < 4.78 is 17.6. The average Bonchev–Trinajstić information content (AvgIpc) is 2.61. The lowest BCUT2D eigenvalue weighted by Gasteiger charge is -2.09. The van der Waals surface area contributed by atoms with Crippen LogP contribution in [0.5, 0.6) is 0 Å². The van der Waals surface area contributed by atoms with Gasteiger partial charge in [-0.15, -0.1) is 0 Å². The lowest BCUT2D eigenvalue weighted by atomic mass is 10.1. The van der Waals surface area contributed by atoms with Crippen molar-refractivity contribution in [3.8, 4) is 0 Å². The third-order valence-electron chi connectivity index (χ3n) is 3.52. The van der Waals surface area contributed by atoms with Gasteiger partial charge in [0, 0.05) is 10.4 Å². The summed E-state index contributed by atoms with van der Waals surface area (Å²) in [5.74, 6) is -0.306. The zero-order valence-electron chi connectivity index (χ0n) is 12.9. The molecule has 0 amide bonds. The largest absolute Gasteiger partial charge is 0.465 e. The summed E-state index contributed by atoms with van der Waals surface area (Å²) in [6.45, 7) is 0. The zero-order valence-corrected chi connectivity index (χ0v) is 14.4. The first kappa shape index (κ1) is 16.6. The maximum absolute atomic E-state index is 12.8. The Morgan fingerprint density at radius 1 is 1.17 bits per heavy atom. The van der Waals surface area contributed by atoms with Crippen LogP contribution in [0.2, 0.25) is 5.02 Å². The lowest BCUT2D eigenvalue weighted by Crippen LogP contribution is -2.10. The normalized spacial score (nSPS) is 12.1. The number of para-hydroxylation sites is 1. The number of hydrogen-bond acceptors (Lipinski definition) is 4. The van der Waals surface area contributed by atoms with Gasteiger partial charge in [-0.2, -0.15) is 0 Å². The molecule has 122 valence electrons. The van der Waals surface area contributed by atoms with Gasteiger partial charge in [-0.25, -0.2) is 9.78 Å². The first-order valence-electron chi connectivity index (χ1n) is 7.19. The molecule has 1 unspecified atom stereocenters. The van der Waals surface area contributed by atoms with E-state index in [2.05, 4.69) is 4.98 Å². The number of ether oxygens (including phenoxy) is 1. The molecule has 0 aliphatic heterocycles. The molecule has 0 bridgehead atoms. The topological polar surface area (TPSA) is 56.3 Å². The van der Waals surface area contributed by atoms with Crippen LogP contribution in [0.1, 0.15) is 15.9 Å². The summed E-state index contributed by atoms with van der Waals surface area (Å²) in [6, 6.07) is 16.1. The fraction of sp³-hybridized carbons (Fsp3) is 0.111. The molecular weight excluding hydrogens is 346 g/mol. The molecule has 0 fully saturated rings. The molecule has 0 radical (unpaired) electrons. The van der Waals surface area contributed by atoms with Crippen LogP contribution in [-0.2, 0) is 21.3 Å². The smallest absolute Gasteiger partial charge is 0.340 e. The number of aromatic nitrogens is 1. The molecule has 2 aromatic carbocycles. The monoisotopic (exact) mass is 359 g/mol. The number of rotatable bonds is 4. The number of carbonyl (C=O) groups is 1. The van der Waals surface area contributed by atoms with Crippen molar-refractivity contribution >= 4 is 39.3 Å². The maximum atomic E-state index is 12.8. The van der Waals surface area contributed by atoms with Crippen LogP contribution < -0.4 is 0 Å². The summed E-state index contributed by atoms with van der Waals surface area (Å²) in [5, 5.41) is 1.64. The molecule has 1 atom stereocenters. The van der Waals surface area contributed by atoms with E-state index in [4.69, 9.17) is 16.3 Å². The minimum atomic E-state index is -1.49. The molecule has 4 nitrogen and oxygen atoms in total. The summed E-state index contributed by atoms with van der Waals surface area (Å²) >= 11 is 5.87. The second-order valence-electron chi connectivity index (χ2n) is 5.14. The lowest BCUT2D eigenvalue weighted by molar-refractivity contribution is 0.0596. The predicted molar refractivity (Wildman–Crippen MR) is 94.6 cm³/mol. The van der Waals surface area contributed by atoms with Crippen molar-refractivity contribution in [2.45, 2.75) is 10.8 Å². The van der Waals surface area contributed by atoms with E-state index in [0.29, 0.717) is 10.5 Å². The van der Waals surface area contributed by atoms with Gasteiger partial charge in [0.25, 0.3) is 0 Å². The quantitative estimate of drug-likeness (QED) is 0.661. The van der Waals surface area contributed by atoms with Crippen molar-refractivity contribution in [3.63, 3.8) is 0 Å². The molecule has 6 heteroatoms. The Kier molecular flexibility index (Phi) is 4.92. The van der Waals surface area contributed by atoms with E-state index in [9.17, 15) is 9.00 Å². The first-order chi connectivity index (χ1) is 11.6. The van der Waals surface area contributed by atoms with Gasteiger partial charge in [0.1, 0.15) is 5.03 Å². The van der Waals surface area contributed by atoms with E-state index in [1.54, 1.807) is 30.3 Å². The van der Waals surface area contributed by atoms with Crippen LogP contribution >= 0.6 is 11.6 Å². The average molecular weight is 360 g/mol. The highest BCUT2D eigenvalue weighted by atomic mass is 35.5. The molecule has 0 aliphatic rings. The van der Waals surface area contributed by atoms with Crippen molar-refractivity contribution in [2.24, 2.45) is 0 Å². The number of nitrogens with zero attached hydrogens (tertiary/aromatic N) is 1.